The van der Waals surface area contributed by atoms with Crippen LogP contribution in [-0.4, -0.2) is 49.5 Å². The summed E-state index contributed by atoms with van der Waals surface area (Å²) < 4.78 is 44.7. The molecule has 0 atom stereocenters. The number of nitrogens with zero attached hydrogens (tertiary/aromatic N) is 2. The Morgan fingerprint density at radius 1 is 0.818 bits per heavy atom. The minimum absolute atomic E-state index is 0.229. The third kappa shape index (κ3) is 7.65. The lowest BCUT2D eigenvalue weighted by atomic mass is 9.98. The van der Waals surface area contributed by atoms with Crippen molar-refractivity contribution >= 4 is 23.3 Å². The second kappa shape index (κ2) is 13.8. The number of hydrogen-bond donors (Lipinski definition) is 1. The SMILES string of the molecule is CCCc1ccccc1OC(=O)CN1CCN(c2ccc(NC(=O)c3ccccc3-c3ccc(C(F)(F)F)cc3)cc2)CC1. The summed E-state index contributed by atoms with van der Waals surface area (Å²) in [4.78, 5) is 30.1. The van der Waals surface area contributed by atoms with E-state index in [1.54, 1.807) is 24.3 Å². The number of hydrogen-bond acceptors (Lipinski definition) is 5. The van der Waals surface area contributed by atoms with Crippen LogP contribution >= 0.6 is 0 Å². The molecule has 0 unspecified atom stereocenters. The Hall–Kier alpha value is -4.63. The molecular weight excluding hydrogens is 567 g/mol. The standard InChI is InChI=1S/C35H34F3N3O3/c1-2-7-26-8-3-6-11-32(26)44-33(42)24-40-20-22-41(23-21-40)29-18-16-28(17-19-29)39-34(43)31-10-5-4-9-30(31)25-12-14-27(15-13-25)35(36,37)38/h3-6,8-19H,2,7,20-24H2,1H3,(H,39,43). The zero-order valence-corrected chi connectivity index (χ0v) is 24.4. The summed E-state index contributed by atoms with van der Waals surface area (Å²) >= 11 is 0. The van der Waals surface area contributed by atoms with Crippen LogP contribution in [0.15, 0.2) is 97.1 Å². The summed E-state index contributed by atoms with van der Waals surface area (Å²) in [5.74, 6) is 0.0151. The minimum Gasteiger partial charge on any atom is -0.425 e. The van der Waals surface area contributed by atoms with Crippen molar-refractivity contribution in [2.75, 3.05) is 42.9 Å². The van der Waals surface area contributed by atoms with E-state index in [9.17, 15) is 22.8 Å². The van der Waals surface area contributed by atoms with Crippen LogP contribution in [0, 0.1) is 0 Å². The highest BCUT2D eigenvalue weighted by Gasteiger charge is 2.30. The highest BCUT2D eigenvalue weighted by atomic mass is 19.4. The number of amides is 1. The van der Waals surface area contributed by atoms with Crippen molar-refractivity contribution < 1.29 is 27.5 Å². The first-order valence-electron chi connectivity index (χ1n) is 14.6. The topological polar surface area (TPSA) is 61.9 Å². The fourth-order valence-electron chi connectivity index (χ4n) is 5.31. The maximum Gasteiger partial charge on any atom is 0.416 e. The number of anilines is 2. The number of para-hydroxylation sites is 1. The van der Waals surface area contributed by atoms with Crippen LogP contribution in [0.3, 0.4) is 0 Å². The summed E-state index contributed by atoms with van der Waals surface area (Å²) in [6.45, 7) is 5.23. The van der Waals surface area contributed by atoms with Crippen molar-refractivity contribution in [3.63, 3.8) is 0 Å². The Morgan fingerprint density at radius 3 is 2.16 bits per heavy atom. The molecule has 0 aliphatic carbocycles. The lowest BCUT2D eigenvalue weighted by molar-refractivity contribution is -0.137. The van der Waals surface area contributed by atoms with E-state index in [0.717, 1.165) is 49.3 Å². The molecule has 4 aromatic carbocycles. The minimum atomic E-state index is -4.43. The fraction of sp³-hybridized carbons (Fsp3) is 0.257. The first-order chi connectivity index (χ1) is 21.2. The summed E-state index contributed by atoms with van der Waals surface area (Å²) in [5, 5.41) is 2.90. The molecule has 0 saturated carbocycles. The van der Waals surface area contributed by atoms with Gasteiger partial charge in [0.1, 0.15) is 5.75 Å². The fourth-order valence-corrected chi connectivity index (χ4v) is 5.31. The smallest absolute Gasteiger partial charge is 0.416 e. The molecule has 1 aliphatic heterocycles. The Kier molecular flexibility index (Phi) is 9.65. The third-order valence-electron chi connectivity index (χ3n) is 7.63. The van der Waals surface area contributed by atoms with Crippen molar-refractivity contribution in [3.05, 3.63) is 114 Å². The molecule has 0 radical (unpaired) electrons. The molecule has 4 aromatic rings. The van der Waals surface area contributed by atoms with E-state index in [2.05, 4.69) is 22.0 Å². The van der Waals surface area contributed by atoms with Gasteiger partial charge in [0.05, 0.1) is 12.1 Å². The van der Waals surface area contributed by atoms with Gasteiger partial charge in [-0.1, -0.05) is 61.9 Å². The molecule has 1 fully saturated rings. The molecule has 1 heterocycles. The zero-order valence-electron chi connectivity index (χ0n) is 24.4. The number of ether oxygens (including phenoxy) is 1. The Morgan fingerprint density at radius 2 is 1.48 bits per heavy atom. The number of aryl methyl sites for hydroxylation is 1. The van der Waals surface area contributed by atoms with Gasteiger partial charge in [0.2, 0.25) is 0 Å². The van der Waals surface area contributed by atoms with E-state index in [0.29, 0.717) is 41.2 Å². The average Bonchev–Trinajstić information content (AvgIpc) is 3.02. The molecule has 9 heteroatoms. The Balaban J connectivity index is 1.15. The van der Waals surface area contributed by atoms with Crippen LogP contribution in [0.2, 0.25) is 0 Å². The van der Waals surface area contributed by atoms with Crippen molar-refractivity contribution in [3.8, 4) is 16.9 Å². The third-order valence-corrected chi connectivity index (χ3v) is 7.63. The molecule has 1 aliphatic rings. The quantitative estimate of drug-likeness (QED) is 0.161. The molecule has 5 rings (SSSR count). The molecule has 228 valence electrons. The van der Waals surface area contributed by atoms with Gasteiger partial charge in [-0.2, -0.15) is 13.2 Å². The van der Waals surface area contributed by atoms with Crippen LogP contribution in [0.5, 0.6) is 5.75 Å². The lowest BCUT2D eigenvalue weighted by Gasteiger charge is -2.35. The van der Waals surface area contributed by atoms with Crippen LogP contribution in [0.1, 0.15) is 34.8 Å². The summed E-state index contributed by atoms with van der Waals surface area (Å²) in [5.41, 5.74) is 3.33. The van der Waals surface area contributed by atoms with Crippen LogP contribution in [0.4, 0.5) is 24.5 Å². The maximum absolute atomic E-state index is 13.2. The number of rotatable bonds is 9. The lowest BCUT2D eigenvalue weighted by Crippen LogP contribution is -2.48. The Bertz CT molecular complexity index is 1580. The maximum atomic E-state index is 13.2. The van der Waals surface area contributed by atoms with Gasteiger partial charge in [-0.3, -0.25) is 14.5 Å². The van der Waals surface area contributed by atoms with E-state index >= 15 is 0 Å². The van der Waals surface area contributed by atoms with E-state index in [4.69, 9.17) is 4.74 Å². The highest BCUT2D eigenvalue weighted by Crippen LogP contribution is 2.32. The molecule has 1 saturated heterocycles. The number of esters is 1. The van der Waals surface area contributed by atoms with E-state index in [1.807, 2.05) is 48.5 Å². The van der Waals surface area contributed by atoms with Gasteiger partial charge >= 0.3 is 12.1 Å². The van der Waals surface area contributed by atoms with Gasteiger partial charge in [0.25, 0.3) is 5.91 Å². The van der Waals surface area contributed by atoms with Crippen LogP contribution in [-0.2, 0) is 17.4 Å². The number of alkyl halides is 3. The van der Waals surface area contributed by atoms with Gasteiger partial charge in [0.15, 0.2) is 0 Å². The number of carbonyl (C=O) groups excluding carboxylic acids is 2. The van der Waals surface area contributed by atoms with Gasteiger partial charge in [-0.05, 0) is 71.6 Å². The molecular formula is C35H34F3N3O3. The molecule has 1 N–H and O–H groups in total. The summed E-state index contributed by atoms with van der Waals surface area (Å²) in [6, 6.07) is 26.8. The van der Waals surface area contributed by atoms with Crippen LogP contribution in [0.25, 0.3) is 11.1 Å². The summed E-state index contributed by atoms with van der Waals surface area (Å²) in [7, 11) is 0. The number of carbonyl (C=O) groups is 2. The molecule has 0 spiro atoms. The number of benzene rings is 4. The van der Waals surface area contributed by atoms with E-state index < -0.39 is 11.7 Å². The predicted octanol–water partition coefficient (Wildman–Crippen LogP) is 7.30. The number of halogens is 3. The van der Waals surface area contributed by atoms with Crippen LogP contribution < -0.4 is 15.0 Å². The molecule has 0 bridgehead atoms. The monoisotopic (exact) mass is 601 g/mol. The second-order valence-electron chi connectivity index (χ2n) is 10.7. The largest absolute Gasteiger partial charge is 0.425 e. The van der Waals surface area contributed by atoms with E-state index in [1.165, 1.54) is 12.1 Å². The molecule has 1 amide bonds. The van der Waals surface area contributed by atoms with Crippen molar-refractivity contribution in [1.29, 1.82) is 0 Å². The first kappa shape index (κ1) is 30.8. The molecule has 44 heavy (non-hydrogen) atoms. The highest BCUT2D eigenvalue weighted by molar-refractivity contribution is 6.08. The number of nitrogens with one attached hydrogen (secondary N) is 1. The van der Waals surface area contributed by atoms with Crippen molar-refractivity contribution in [1.82, 2.24) is 4.90 Å². The van der Waals surface area contributed by atoms with Gasteiger partial charge in [0, 0.05) is 43.1 Å². The Labute approximate surface area is 255 Å². The van der Waals surface area contributed by atoms with E-state index in [-0.39, 0.29) is 18.4 Å². The molecule has 0 aromatic heterocycles. The zero-order chi connectivity index (χ0) is 31.1. The summed E-state index contributed by atoms with van der Waals surface area (Å²) in [6.07, 6.45) is -2.59. The van der Waals surface area contributed by atoms with Crippen molar-refractivity contribution in [2.24, 2.45) is 0 Å². The van der Waals surface area contributed by atoms with Gasteiger partial charge in [-0.15, -0.1) is 0 Å². The van der Waals surface area contributed by atoms with Crippen molar-refractivity contribution in [2.45, 2.75) is 25.9 Å². The van der Waals surface area contributed by atoms with Gasteiger partial charge < -0.3 is 15.0 Å². The second-order valence-corrected chi connectivity index (χ2v) is 10.7. The normalized spacial score (nSPS) is 13.9. The number of piperazine rings is 1. The first-order valence-corrected chi connectivity index (χ1v) is 14.6. The average molecular weight is 602 g/mol. The van der Waals surface area contributed by atoms with Gasteiger partial charge in [-0.25, -0.2) is 0 Å². The molecule has 6 nitrogen and oxygen atoms in total. The predicted molar refractivity (Wildman–Crippen MR) is 166 cm³/mol.